The van der Waals surface area contributed by atoms with Crippen molar-refractivity contribution in [2.45, 2.75) is 56.5 Å². The zero-order valence-electron chi connectivity index (χ0n) is 15.3. The lowest BCUT2D eigenvalue weighted by Gasteiger charge is -2.34. The summed E-state index contributed by atoms with van der Waals surface area (Å²) in [6.45, 7) is 2.54. The fourth-order valence-electron chi connectivity index (χ4n) is 3.89. The van der Waals surface area contributed by atoms with Crippen LogP contribution in [-0.2, 0) is 21.9 Å². The van der Waals surface area contributed by atoms with Crippen LogP contribution in [0, 0.1) is 12.8 Å². The second-order valence-electron chi connectivity index (χ2n) is 7.30. The number of carbonyl (C=O) groups is 1. The van der Waals surface area contributed by atoms with Gasteiger partial charge in [-0.1, -0.05) is 12.8 Å². The summed E-state index contributed by atoms with van der Waals surface area (Å²) in [5, 5.41) is 0.0975. The molecule has 0 unspecified atom stereocenters. The number of hydrogen-bond acceptors (Lipinski definition) is 4. The van der Waals surface area contributed by atoms with Crippen molar-refractivity contribution in [3.63, 3.8) is 0 Å². The lowest BCUT2D eigenvalue weighted by atomic mass is 9.96. The normalized spacial score (nSPS) is 20.9. The molecule has 8 heteroatoms. The average Bonchev–Trinajstić information content (AvgIpc) is 3.24. The van der Waals surface area contributed by atoms with E-state index in [-0.39, 0.29) is 16.9 Å². The smallest absolute Gasteiger partial charge is 0.262 e. The molecule has 1 saturated heterocycles. The quantitative estimate of drug-likeness (QED) is 0.808. The van der Waals surface area contributed by atoms with Crippen LogP contribution in [0.25, 0.3) is 0 Å². The van der Waals surface area contributed by atoms with E-state index in [2.05, 4.69) is 4.98 Å². The van der Waals surface area contributed by atoms with Crippen molar-refractivity contribution in [2.24, 2.45) is 13.0 Å². The molecule has 3 rings (SSSR count). The first kappa shape index (κ1) is 18.4. The van der Waals surface area contributed by atoms with E-state index in [0.29, 0.717) is 37.8 Å². The summed E-state index contributed by atoms with van der Waals surface area (Å²) in [6.07, 6.45) is 7.30. The van der Waals surface area contributed by atoms with Gasteiger partial charge in [0.25, 0.3) is 10.0 Å². The fraction of sp³-hybridized carbons (Fsp3) is 0.765. The summed E-state index contributed by atoms with van der Waals surface area (Å²) in [4.78, 5) is 18.8. The maximum Gasteiger partial charge on any atom is 0.262 e. The Kier molecular flexibility index (Phi) is 5.20. The van der Waals surface area contributed by atoms with E-state index in [9.17, 15) is 13.2 Å². The van der Waals surface area contributed by atoms with Gasteiger partial charge in [-0.2, -0.15) is 4.31 Å². The molecule has 0 aromatic carbocycles. The van der Waals surface area contributed by atoms with Gasteiger partial charge in [-0.25, -0.2) is 13.4 Å². The van der Waals surface area contributed by atoms with Crippen LogP contribution in [-0.4, -0.2) is 59.3 Å². The van der Waals surface area contributed by atoms with Crippen LogP contribution in [0.1, 0.15) is 44.3 Å². The summed E-state index contributed by atoms with van der Waals surface area (Å²) in [5.41, 5.74) is 0. The summed E-state index contributed by atoms with van der Waals surface area (Å²) in [7, 11) is 0.111. The zero-order valence-corrected chi connectivity index (χ0v) is 16.1. The number of carbonyl (C=O) groups excluding carboxylic acids is 1. The molecule has 0 atom stereocenters. The van der Waals surface area contributed by atoms with E-state index in [4.69, 9.17) is 0 Å². The molecule has 2 heterocycles. The van der Waals surface area contributed by atoms with Crippen molar-refractivity contribution in [3.05, 3.63) is 12.0 Å². The van der Waals surface area contributed by atoms with Crippen LogP contribution < -0.4 is 0 Å². The monoisotopic (exact) mass is 368 g/mol. The third-order valence-corrected chi connectivity index (χ3v) is 7.48. The van der Waals surface area contributed by atoms with Crippen LogP contribution in [0.5, 0.6) is 0 Å². The standard InChI is InChI=1S/C17H28N4O3S/c1-13-18-16(12-19(13)2)25(23,24)21-10-8-14(9-11-21)17(22)20(3)15-6-4-5-7-15/h12,14-15H,4-11H2,1-3H3. The molecular weight excluding hydrogens is 340 g/mol. The lowest BCUT2D eigenvalue weighted by Crippen LogP contribution is -2.45. The highest BCUT2D eigenvalue weighted by molar-refractivity contribution is 7.89. The van der Waals surface area contributed by atoms with Gasteiger partial charge < -0.3 is 9.47 Å². The molecule has 1 aromatic rings. The third-order valence-electron chi connectivity index (χ3n) is 5.71. The summed E-state index contributed by atoms with van der Waals surface area (Å²) < 4.78 is 28.6. The van der Waals surface area contributed by atoms with Gasteiger partial charge in [0.2, 0.25) is 5.91 Å². The second-order valence-corrected chi connectivity index (χ2v) is 9.19. The van der Waals surface area contributed by atoms with Crippen LogP contribution in [0.2, 0.25) is 0 Å². The molecule has 1 aromatic heterocycles. The number of aromatic nitrogens is 2. The first-order valence-electron chi connectivity index (χ1n) is 9.07. The van der Waals surface area contributed by atoms with Gasteiger partial charge in [0.1, 0.15) is 5.82 Å². The molecular formula is C17H28N4O3S. The van der Waals surface area contributed by atoms with Crippen molar-refractivity contribution >= 4 is 15.9 Å². The first-order chi connectivity index (χ1) is 11.8. The minimum absolute atomic E-state index is 0.0671. The van der Waals surface area contributed by atoms with E-state index >= 15 is 0 Å². The highest BCUT2D eigenvalue weighted by Gasteiger charge is 2.35. The number of amides is 1. The molecule has 1 amide bonds. The Labute approximate surface area is 150 Å². The maximum absolute atomic E-state index is 12.7. The molecule has 2 aliphatic rings. The molecule has 0 radical (unpaired) electrons. The molecule has 1 saturated carbocycles. The van der Waals surface area contributed by atoms with Gasteiger partial charge >= 0.3 is 0 Å². The Balaban J connectivity index is 1.62. The predicted molar refractivity (Wildman–Crippen MR) is 94.5 cm³/mol. The van der Waals surface area contributed by atoms with E-state index in [1.165, 1.54) is 17.1 Å². The highest BCUT2D eigenvalue weighted by Crippen LogP contribution is 2.28. The highest BCUT2D eigenvalue weighted by atomic mass is 32.2. The van der Waals surface area contributed by atoms with Gasteiger partial charge in [0.15, 0.2) is 5.03 Å². The summed E-state index contributed by atoms with van der Waals surface area (Å²) >= 11 is 0. The minimum atomic E-state index is -3.57. The Morgan fingerprint density at radius 3 is 2.32 bits per heavy atom. The van der Waals surface area contributed by atoms with E-state index in [1.54, 1.807) is 24.7 Å². The zero-order chi connectivity index (χ0) is 18.2. The molecule has 1 aliphatic heterocycles. The van der Waals surface area contributed by atoms with Crippen LogP contribution >= 0.6 is 0 Å². The lowest BCUT2D eigenvalue weighted by molar-refractivity contribution is -0.137. The predicted octanol–water partition coefficient (Wildman–Crippen LogP) is 1.53. The van der Waals surface area contributed by atoms with Crippen molar-refractivity contribution < 1.29 is 13.2 Å². The SMILES string of the molecule is Cc1nc(S(=O)(=O)N2CCC(C(=O)N(C)C3CCCC3)CC2)cn1C. The summed E-state index contributed by atoms with van der Waals surface area (Å²) in [5.74, 6) is 0.780. The number of aryl methyl sites for hydroxylation is 2. The van der Waals surface area contributed by atoms with Gasteiger partial charge in [0, 0.05) is 45.3 Å². The van der Waals surface area contributed by atoms with Gasteiger partial charge in [0.05, 0.1) is 0 Å². The van der Waals surface area contributed by atoms with Crippen molar-refractivity contribution in [1.82, 2.24) is 18.8 Å². The van der Waals surface area contributed by atoms with Gasteiger partial charge in [-0.3, -0.25) is 4.79 Å². The number of piperidine rings is 1. The average molecular weight is 369 g/mol. The van der Waals surface area contributed by atoms with Crippen molar-refractivity contribution in [2.75, 3.05) is 20.1 Å². The Hall–Kier alpha value is -1.41. The molecule has 140 valence electrons. The second kappa shape index (κ2) is 7.07. The minimum Gasteiger partial charge on any atom is -0.343 e. The van der Waals surface area contributed by atoms with Gasteiger partial charge in [-0.15, -0.1) is 0 Å². The van der Waals surface area contributed by atoms with Crippen molar-refractivity contribution in [3.8, 4) is 0 Å². The van der Waals surface area contributed by atoms with Crippen molar-refractivity contribution in [1.29, 1.82) is 0 Å². The topological polar surface area (TPSA) is 75.5 Å². The summed E-state index contributed by atoms with van der Waals surface area (Å²) in [6, 6.07) is 0.366. The molecule has 1 aliphatic carbocycles. The van der Waals surface area contributed by atoms with E-state index in [0.717, 1.165) is 12.8 Å². The number of imidazole rings is 1. The van der Waals surface area contributed by atoms with E-state index < -0.39 is 10.0 Å². The number of hydrogen-bond donors (Lipinski definition) is 0. The Morgan fingerprint density at radius 2 is 1.80 bits per heavy atom. The fourth-order valence-corrected chi connectivity index (χ4v) is 5.38. The molecule has 7 nitrogen and oxygen atoms in total. The third kappa shape index (κ3) is 3.60. The number of nitrogens with zero attached hydrogens (tertiary/aromatic N) is 4. The first-order valence-corrected chi connectivity index (χ1v) is 10.5. The molecule has 0 N–H and O–H groups in total. The Bertz CT molecular complexity index is 710. The maximum atomic E-state index is 12.7. The molecule has 2 fully saturated rings. The number of sulfonamides is 1. The molecule has 0 spiro atoms. The molecule has 25 heavy (non-hydrogen) atoms. The Morgan fingerprint density at radius 1 is 1.20 bits per heavy atom. The van der Waals surface area contributed by atoms with Crippen LogP contribution in [0.4, 0.5) is 0 Å². The van der Waals surface area contributed by atoms with Gasteiger partial charge in [-0.05, 0) is 32.6 Å². The van der Waals surface area contributed by atoms with Crippen LogP contribution in [0.3, 0.4) is 0 Å². The molecule has 0 bridgehead atoms. The van der Waals surface area contributed by atoms with Crippen LogP contribution in [0.15, 0.2) is 11.2 Å². The number of rotatable bonds is 4. The van der Waals surface area contributed by atoms with E-state index in [1.807, 2.05) is 11.9 Å². The largest absolute Gasteiger partial charge is 0.343 e.